The van der Waals surface area contributed by atoms with Gasteiger partial charge in [-0.1, -0.05) is 43.4 Å². The molecule has 148 valence electrons. The van der Waals surface area contributed by atoms with Crippen molar-refractivity contribution in [2.45, 2.75) is 31.8 Å². The zero-order valence-electron chi connectivity index (χ0n) is 16.3. The summed E-state index contributed by atoms with van der Waals surface area (Å²) in [6.45, 7) is 6.68. The highest BCUT2D eigenvalue weighted by Crippen LogP contribution is 2.45. The molecule has 0 radical (unpaired) electrons. The van der Waals surface area contributed by atoms with Crippen LogP contribution in [-0.2, 0) is 11.0 Å². The number of aromatic nitrogens is 3. The van der Waals surface area contributed by atoms with E-state index in [1.165, 1.54) is 23.1 Å². The number of nitrogen functional groups attached to an aromatic ring is 1. The van der Waals surface area contributed by atoms with Gasteiger partial charge in [-0.05, 0) is 24.6 Å². The molecule has 29 heavy (non-hydrogen) atoms. The molecule has 6 nitrogen and oxygen atoms in total. The summed E-state index contributed by atoms with van der Waals surface area (Å²) >= 11 is 7.74. The number of halogens is 1. The molecule has 8 heteroatoms. The molecule has 3 aromatic rings. The average Bonchev–Trinajstić information content (AvgIpc) is 3.30. The molecule has 0 aliphatic carbocycles. The van der Waals surface area contributed by atoms with Gasteiger partial charge in [-0.15, -0.1) is 11.3 Å². The fourth-order valence-electron chi connectivity index (χ4n) is 3.43. The van der Waals surface area contributed by atoms with Crippen molar-refractivity contribution in [2.75, 3.05) is 17.2 Å². The molecular formula is C21H20ClN5OS. The average molecular weight is 426 g/mol. The summed E-state index contributed by atoms with van der Waals surface area (Å²) in [6.07, 6.45) is 3.17. The third-order valence-electron chi connectivity index (χ3n) is 4.87. The number of hydrogen-bond donors (Lipinski definition) is 2. The Morgan fingerprint density at radius 1 is 1.34 bits per heavy atom. The molecule has 4 rings (SSSR count). The number of anilines is 3. The van der Waals surface area contributed by atoms with Gasteiger partial charge in [0.25, 0.3) is 0 Å². The zero-order valence-corrected chi connectivity index (χ0v) is 17.8. The Hall–Kier alpha value is -2.66. The van der Waals surface area contributed by atoms with Crippen LogP contribution in [0.2, 0.25) is 5.02 Å². The van der Waals surface area contributed by atoms with E-state index in [0.29, 0.717) is 22.4 Å². The van der Waals surface area contributed by atoms with Gasteiger partial charge in [0, 0.05) is 34.8 Å². The first-order valence-electron chi connectivity index (χ1n) is 9.03. The number of hydrogen-bond acceptors (Lipinski definition) is 7. The number of thiazole rings is 1. The van der Waals surface area contributed by atoms with E-state index in [2.05, 4.69) is 46.7 Å². The lowest BCUT2D eigenvalue weighted by Crippen LogP contribution is -2.26. The predicted molar refractivity (Wildman–Crippen MR) is 116 cm³/mol. The summed E-state index contributed by atoms with van der Waals surface area (Å²) in [4.78, 5) is 14.5. The molecule has 0 amide bonds. The van der Waals surface area contributed by atoms with Gasteiger partial charge in [0.05, 0.1) is 6.20 Å². The summed E-state index contributed by atoms with van der Waals surface area (Å²) in [6, 6.07) is 6.02. The first kappa shape index (κ1) is 19.6. The van der Waals surface area contributed by atoms with Crippen LogP contribution >= 0.6 is 22.9 Å². The van der Waals surface area contributed by atoms with Gasteiger partial charge in [-0.25, -0.2) is 9.97 Å². The standard InChI is InChI=1S/C21H20ClN5OS/c1-20(2)12-27(17-15(22)11-25-19(23)26-17)16-10-13(4-5-14(16)20)6-7-21(3,28)18-24-8-9-29-18/h4-5,8-11,28H,12H2,1-3H3,(H2,23,25,26)/t21-/m0/s1. The summed E-state index contributed by atoms with van der Waals surface area (Å²) in [7, 11) is 0. The maximum atomic E-state index is 10.6. The van der Waals surface area contributed by atoms with Gasteiger partial charge < -0.3 is 15.7 Å². The number of aliphatic hydroxyl groups is 1. The minimum absolute atomic E-state index is 0.100. The Balaban J connectivity index is 1.76. The van der Waals surface area contributed by atoms with E-state index < -0.39 is 5.60 Å². The number of nitrogens with zero attached hydrogens (tertiary/aromatic N) is 4. The molecule has 0 fully saturated rings. The fourth-order valence-corrected chi connectivity index (χ4v) is 4.28. The molecule has 0 saturated carbocycles. The van der Waals surface area contributed by atoms with E-state index >= 15 is 0 Å². The highest BCUT2D eigenvalue weighted by atomic mass is 35.5. The van der Waals surface area contributed by atoms with Gasteiger partial charge in [-0.2, -0.15) is 4.98 Å². The third kappa shape index (κ3) is 3.67. The number of fused-ring (bicyclic) bond motifs is 1. The van der Waals surface area contributed by atoms with Crippen LogP contribution in [0.1, 0.15) is 36.9 Å². The predicted octanol–water partition coefficient (Wildman–Crippen LogP) is 3.86. The molecule has 1 aliphatic rings. The van der Waals surface area contributed by atoms with Gasteiger partial charge in [0.15, 0.2) is 11.4 Å². The maximum Gasteiger partial charge on any atom is 0.222 e. The fraction of sp³-hybridized carbons (Fsp3) is 0.286. The molecular weight excluding hydrogens is 406 g/mol. The first-order valence-corrected chi connectivity index (χ1v) is 10.3. The van der Waals surface area contributed by atoms with Crippen LogP contribution < -0.4 is 10.6 Å². The smallest absolute Gasteiger partial charge is 0.222 e. The molecule has 3 heterocycles. The Morgan fingerprint density at radius 2 is 2.14 bits per heavy atom. The second-order valence-corrected chi connectivity index (χ2v) is 9.06. The van der Waals surface area contributed by atoms with Gasteiger partial charge >= 0.3 is 0 Å². The van der Waals surface area contributed by atoms with E-state index in [4.69, 9.17) is 17.3 Å². The van der Waals surface area contributed by atoms with Crippen LogP contribution in [0.5, 0.6) is 0 Å². The molecule has 3 N–H and O–H groups in total. The second-order valence-electron chi connectivity index (χ2n) is 7.76. The lowest BCUT2D eigenvalue weighted by molar-refractivity contribution is 0.122. The highest BCUT2D eigenvalue weighted by Gasteiger charge is 2.37. The largest absolute Gasteiger partial charge is 0.371 e. The van der Waals surface area contributed by atoms with E-state index in [1.807, 2.05) is 22.4 Å². The van der Waals surface area contributed by atoms with Crippen LogP contribution in [0.3, 0.4) is 0 Å². The van der Waals surface area contributed by atoms with Gasteiger partial charge in [0.1, 0.15) is 10.0 Å². The van der Waals surface area contributed by atoms with E-state index in [1.54, 1.807) is 13.1 Å². The van der Waals surface area contributed by atoms with Crippen molar-refractivity contribution in [1.29, 1.82) is 0 Å². The van der Waals surface area contributed by atoms with Crippen molar-refractivity contribution in [3.8, 4) is 11.8 Å². The van der Waals surface area contributed by atoms with Crippen LogP contribution in [0.15, 0.2) is 36.0 Å². The maximum absolute atomic E-state index is 10.6. The molecule has 1 atom stereocenters. The second kappa shape index (κ2) is 6.99. The summed E-state index contributed by atoms with van der Waals surface area (Å²) in [5.41, 5.74) is 7.30. The molecule has 2 aromatic heterocycles. The quantitative estimate of drug-likeness (QED) is 0.606. The number of nitrogens with two attached hydrogens (primary N) is 1. The topological polar surface area (TPSA) is 88.2 Å². The third-order valence-corrected chi connectivity index (χ3v) is 6.12. The van der Waals surface area contributed by atoms with Crippen molar-refractivity contribution >= 4 is 40.4 Å². The molecule has 1 aromatic carbocycles. The number of benzene rings is 1. The first-order chi connectivity index (χ1) is 13.7. The van der Waals surface area contributed by atoms with Crippen LogP contribution in [0.4, 0.5) is 17.5 Å². The lowest BCUT2D eigenvalue weighted by Gasteiger charge is -2.22. The van der Waals surface area contributed by atoms with Crippen molar-refractivity contribution in [2.24, 2.45) is 0 Å². The molecule has 0 spiro atoms. The van der Waals surface area contributed by atoms with Crippen LogP contribution in [0.25, 0.3) is 0 Å². The Kier molecular flexibility index (Phi) is 4.74. The Morgan fingerprint density at radius 3 is 2.86 bits per heavy atom. The van der Waals surface area contributed by atoms with E-state index in [9.17, 15) is 5.11 Å². The zero-order chi connectivity index (χ0) is 20.8. The molecule has 0 bridgehead atoms. The van der Waals surface area contributed by atoms with Crippen LogP contribution in [-0.4, -0.2) is 26.6 Å². The summed E-state index contributed by atoms with van der Waals surface area (Å²) in [5, 5.41) is 13.4. The minimum Gasteiger partial charge on any atom is -0.371 e. The SMILES string of the molecule is CC1(C)CN(c2nc(N)ncc2Cl)c2cc(C#C[C@](C)(O)c3nccs3)ccc21. The number of rotatable bonds is 2. The van der Waals surface area contributed by atoms with E-state index in [0.717, 1.165) is 11.3 Å². The highest BCUT2D eigenvalue weighted by molar-refractivity contribution is 7.09. The summed E-state index contributed by atoms with van der Waals surface area (Å²) in [5.74, 6) is 6.75. The Bertz CT molecular complexity index is 1130. The van der Waals surface area contributed by atoms with Crippen molar-refractivity contribution in [3.63, 3.8) is 0 Å². The van der Waals surface area contributed by atoms with Crippen molar-refractivity contribution in [3.05, 3.63) is 57.1 Å². The van der Waals surface area contributed by atoms with Gasteiger partial charge in [0.2, 0.25) is 5.95 Å². The Labute approximate surface area is 178 Å². The van der Waals surface area contributed by atoms with Gasteiger partial charge in [-0.3, -0.25) is 0 Å². The minimum atomic E-state index is -1.31. The van der Waals surface area contributed by atoms with E-state index in [-0.39, 0.29) is 11.4 Å². The molecule has 1 aliphatic heterocycles. The summed E-state index contributed by atoms with van der Waals surface area (Å²) < 4.78 is 0. The van der Waals surface area contributed by atoms with Crippen molar-refractivity contribution in [1.82, 2.24) is 15.0 Å². The molecule has 0 unspecified atom stereocenters. The lowest BCUT2D eigenvalue weighted by atomic mass is 9.86. The monoisotopic (exact) mass is 425 g/mol. The van der Waals surface area contributed by atoms with Crippen LogP contribution in [0, 0.1) is 11.8 Å². The molecule has 0 saturated heterocycles. The normalized spacial score (nSPS) is 16.7. The van der Waals surface area contributed by atoms with Crippen molar-refractivity contribution < 1.29 is 5.11 Å².